The van der Waals surface area contributed by atoms with Crippen LogP contribution in [0.25, 0.3) is 0 Å². The van der Waals surface area contributed by atoms with E-state index in [2.05, 4.69) is 26.2 Å². The molecule has 3 rings (SSSR count). The van der Waals surface area contributed by atoms with Crippen LogP contribution in [-0.2, 0) is 13.2 Å². The van der Waals surface area contributed by atoms with E-state index in [1.54, 1.807) is 30.8 Å². The summed E-state index contributed by atoms with van der Waals surface area (Å²) in [4.78, 5) is 16.6. The Kier molecular flexibility index (Phi) is 6.25. The first-order valence-electron chi connectivity index (χ1n) is 7.86. The van der Waals surface area contributed by atoms with Gasteiger partial charge in [0.2, 0.25) is 0 Å². The van der Waals surface area contributed by atoms with Crippen LogP contribution in [0.2, 0.25) is 0 Å². The van der Waals surface area contributed by atoms with Crippen LogP contribution >= 0.6 is 27.3 Å². The van der Waals surface area contributed by atoms with E-state index < -0.39 is 0 Å². The van der Waals surface area contributed by atoms with Crippen molar-refractivity contribution in [2.75, 3.05) is 7.11 Å². The topological polar surface area (TPSA) is 60.5 Å². The molecule has 7 heteroatoms. The molecule has 0 saturated heterocycles. The highest BCUT2D eigenvalue weighted by Crippen LogP contribution is 2.29. The van der Waals surface area contributed by atoms with E-state index in [1.807, 2.05) is 29.6 Å². The van der Waals surface area contributed by atoms with Gasteiger partial charge >= 0.3 is 0 Å². The van der Waals surface area contributed by atoms with Crippen molar-refractivity contribution in [3.63, 3.8) is 0 Å². The van der Waals surface area contributed by atoms with Crippen LogP contribution in [-0.4, -0.2) is 18.0 Å². The molecule has 0 aliphatic rings. The normalized spacial score (nSPS) is 10.4. The van der Waals surface area contributed by atoms with Gasteiger partial charge in [-0.2, -0.15) is 0 Å². The third kappa shape index (κ3) is 4.83. The molecule has 1 N–H and O–H groups in total. The smallest absolute Gasteiger partial charge is 0.251 e. The number of nitrogens with one attached hydrogen (secondary N) is 1. The molecule has 0 aliphatic carbocycles. The van der Waals surface area contributed by atoms with Crippen LogP contribution in [0.1, 0.15) is 21.6 Å². The van der Waals surface area contributed by atoms with Crippen LogP contribution in [0.4, 0.5) is 0 Å². The van der Waals surface area contributed by atoms with Gasteiger partial charge in [0.1, 0.15) is 6.61 Å². The van der Waals surface area contributed by atoms with Gasteiger partial charge < -0.3 is 14.8 Å². The van der Waals surface area contributed by atoms with Crippen molar-refractivity contribution >= 4 is 33.2 Å². The SMILES string of the molecule is COc1cc(C(=O)NCc2cccc(Br)c2)ccc1OCc1cscn1. The van der Waals surface area contributed by atoms with Crippen molar-refractivity contribution < 1.29 is 14.3 Å². The highest BCUT2D eigenvalue weighted by atomic mass is 79.9. The Bertz CT molecular complexity index is 884. The summed E-state index contributed by atoms with van der Waals surface area (Å²) < 4.78 is 12.1. The van der Waals surface area contributed by atoms with Gasteiger partial charge in [0, 0.05) is 22.0 Å². The number of halogens is 1. The maximum absolute atomic E-state index is 12.4. The number of carbonyl (C=O) groups excluding carboxylic acids is 1. The van der Waals surface area contributed by atoms with Gasteiger partial charge in [-0.3, -0.25) is 4.79 Å². The summed E-state index contributed by atoms with van der Waals surface area (Å²) in [5.41, 5.74) is 4.14. The lowest BCUT2D eigenvalue weighted by atomic mass is 10.1. The summed E-state index contributed by atoms with van der Waals surface area (Å²) >= 11 is 4.94. The number of aromatic nitrogens is 1. The van der Waals surface area contributed by atoms with E-state index >= 15 is 0 Å². The minimum absolute atomic E-state index is 0.172. The van der Waals surface area contributed by atoms with Crippen molar-refractivity contribution in [1.82, 2.24) is 10.3 Å². The fourth-order valence-electron chi connectivity index (χ4n) is 2.32. The number of hydrogen-bond donors (Lipinski definition) is 1. The number of amides is 1. The van der Waals surface area contributed by atoms with Crippen LogP contribution in [0.5, 0.6) is 11.5 Å². The Labute approximate surface area is 164 Å². The molecule has 1 aromatic heterocycles. The lowest BCUT2D eigenvalue weighted by Gasteiger charge is -2.12. The second-order valence-corrected chi connectivity index (χ2v) is 7.08. The highest BCUT2D eigenvalue weighted by Gasteiger charge is 2.12. The minimum atomic E-state index is -0.172. The molecular weight excluding hydrogens is 416 g/mol. The number of methoxy groups -OCH3 is 1. The zero-order chi connectivity index (χ0) is 18.4. The highest BCUT2D eigenvalue weighted by molar-refractivity contribution is 9.10. The molecule has 0 spiro atoms. The predicted molar refractivity (Wildman–Crippen MR) is 105 cm³/mol. The Morgan fingerprint density at radius 3 is 2.85 bits per heavy atom. The van der Waals surface area contributed by atoms with Gasteiger partial charge in [-0.05, 0) is 35.9 Å². The first-order valence-corrected chi connectivity index (χ1v) is 9.60. The van der Waals surface area contributed by atoms with Gasteiger partial charge in [0.05, 0.1) is 18.3 Å². The van der Waals surface area contributed by atoms with E-state index in [9.17, 15) is 4.79 Å². The molecule has 2 aromatic carbocycles. The molecule has 0 aliphatic heterocycles. The zero-order valence-corrected chi connectivity index (χ0v) is 16.5. The van der Waals surface area contributed by atoms with Gasteiger partial charge in [-0.1, -0.05) is 28.1 Å². The molecule has 134 valence electrons. The molecule has 0 radical (unpaired) electrons. The van der Waals surface area contributed by atoms with Crippen LogP contribution in [0.3, 0.4) is 0 Å². The van der Waals surface area contributed by atoms with Gasteiger partial charge in [-0.15, -0.1) is 11.3 Å². The summed E-state index contributed by atoms with van der Waals surface area (Å²) in [6, 6.07) is 12.9. The number of nitrogens with zero attached hydrogens (tertiary/aromatic N) is 1. The minimum Gasteiger partial charge on any atom is -0.493 e. The molecule has 1 amide bonds. The molecule has 0 atom stereocenters. The number of benzene rings is 2. The number of rotatable bonds is 7. The molecule has 26 heavy (non-hydrogen) atoms. The first kappa shape index (κ1) is 18.4. The second kappa shape index (κ2) is 8.82. The quantitative estimate of drug-likeness (QED) is 0.599. The summed E-state index contributed by atoms with van der Waals surface area (Å²) in [5.74, 6) is 0.911. The third-order valence-electron chi connectivity index (χ3n) is 3.63. The lowest BCUT2D eigenvalue weighted by molar-refractivity contribution is 0.0950. The zero-order valence-electron chi connectivity index (χ0n) is 14.1. The maximum Gasteiger partial charge on any atom is 0.251 e. The largest absolute Gasteiger partial charge is 0.493 e. The molecule has 0 unspecified atom stereocenters. The lowest BCUT2D eigenvalue weighted by Crippen LogP contribution is -2.22. The molecule has 3 aromatic rings. The molecule has 0 fully saturated rings. The van der Waals surface area contributed by atoms with E-state index in [0.717, 1.165) is 15.7 Å². The van der Waals surface area contributed by atoms with Crippen molar-refractivity contribution in [2.24, 2.45) is 0 Å². The number of ether oxygens (including phenoxy) is 2. The molecule has 5 nitrogen and oxygen atoms in total. The number of hydrogen-bond acceptors (Lipinski definition) is 5. The molecule has 0 bridgehead atoms. The van der Waals surface area contributed by atoms with Crippen molar-refractivity contribution in [3.8, 4) is 11.5 Å². The van der Waals surface area contributed by atoms with E-state index in [4.69, 9.17) is 9.47 Å². The van der Waals surface area contributed by atoms with Gasteiger partial charge in [0.25, 0.3) is 5.91 Å². The Morgan fingerprint density at radius 1 is 1.23 bits per heavy atom. The third-order valence-corrected chi connectivity index (χ3v) is 4.76. The van der Waals surface area contributed by atoms with E-state index in [1.165, 1.54) is 11.3 Å². The summed E-state index contributed by atoms with van der Waals surface area (Å²) in [7, 11) is 1.55. The van der Waals surface area contributed by atoms with Crippen LogP contribution in [0, 0.1) is 0 Å². The average Bonchev–Trinajstić information content (AvgIpc) is 3.18. The maximum atomic E-state index is 12.4. The Hall–Kier alpha value is -2.38. The Morgan fingerprint density at radius 2 is 2.12 bits per heavy atom. The monoisotopic (exact) mass is 432 g/mol. The average molecular weight is 433 g/mol. The molecule has 1 heterocycles. The second-order valence-electron chi connectivity index (χ2n) is 5.45. The predicted octanol–water partition coefficient (Wildman–Crippen LogP) is 4.42. The van der Waals surface area contributed by atoms with Crippen molar-refractivity contribution in [2.45, 2.75) is 13.2 Å². The summed E-state index contributed by atoms with van der Waals surface area (Å²) in [5, 5.41) is 4.83. The summed E-state index contributed by atoms with van der Waals surface area (Å²) in [6.07, 6.45) is 0. The molecule has 0 saturated carbocycles. The first-order chi connectivity index (χ1) is 12.7. The number of thiazole rings is 1. The molecular formula is C19H17BrN2O3S. The van der Waals surface area contributed by atoms with Crippen LogP contribution < -0.4 is 14.8 Å². The van der Waals surface area contributed by atoms with Crippen LogP contribution in [0.15, 0.2) is 57.8 Å². The van der Waals surface area contributed by atoms with Crippen molar-refractivity contribution in [1.29, 1.82) is 0 Å². The summed E-state index contributed by atoms with van der Waals surface area (Å²) in [6.45, 7) is 0.803. The Balaban J connectivity index is 1.64. The fourth-order valence-corrected chi connectivity index (χ4v) is 3.31. The number of carbonyl (C=O) groups is 1. The van der Waals surface area contributed by atoms with Gasteiger partial charge in [-0.25, -0.2) is 4.98 Å². The fraction of sp³-hybridized carbons (Fsp3) is 0.158. The van der Waals surface area contributed by atoms with E-state index in [0.29, 0.717) is 30.2 Å². The van der Waals surface area contributed by atoms with E-state index in [-0.39, 0.29) is 5.91 Å². The standard InChI is InChI=1S/C19H17BrN2O3S/c1-24-18-8-14(5-6-17(18)25-10-16-11-26-12-22-16)19(23)21-9-13-3-2-4-15(20)7-13/h2-8,11-12H,9-10H2,1H3,(H,21,23). The van der Waals surface area contributed by atoms with Gasteiger partial charge in [0.15, 0.2) is 11.5 Å². The van der Waals surface area contributed by atoms with Crippen molar-refractivity contribution in [3.05, 3.63) is 74.6 Å².